The number of hydrogen-bond donors (Lipinski definition) is 5. The van der Waals surface area contributed by atoms with Gasteiger partial charge in [0.1, 0.15) is 16.8 Å². The summed E-state index contributed by atoms with van der Waals surface area (Å²) in [7, 11) is 0. The normalized spacial score (nSPS) is 11.8. The van der Waals surface area contributed by atoms with Gasteiger partial charge in [-0.25, -0.2) is 9.78 Å². The Kier molecular flexibility index (Phi) is 11.8. The van der Waals surface area contributed by atoms with E-state index in [1.54, 1.807) is 35.6 Å². The first kappa shape index (κ1) is 32.2. The zero-order valence-corrected chi connectivity index (χ0v) is 25.2. The van der Waals surface area contributed by atoms with Gasteiger partial charge in [-0.15, -0.1) is 11.3 Å². The molecule has 0 fully saturated rings. The molecular weight excluding hydrogens is 580 g/mol. The second-order valence-electron chi connectivity index (χ2n) is 10.0. The number of thiazole rings is 1. The number of nitrogens with one attached hydrogen (secondary N) is 3. The topological polar surface area (TPSA) is 154 Å². The van der Waals surface area contributed by atoms with Gasteiger partial charge < -0.3 is 30.6 Å². The molecule has 1 atom stereocenters. The van der Waals surface area contributed by atoms with Crippen molar-refractivity contribution in [3.05, 3.63) is 78.5 Å². The second-order valence-corrected chi connectivity index (χ2v) is 11.0. The molecule has 0 aliphatic carbocycles. The Balaban J connectivity index is 1.46. The van der Waals surface area contributed by atoms with E-state index in [2.05, 4.69) is 22.5 Å². The van der Waals surface area contributed by atoms with Crippen LogP contribution in [0.1, 0.15) is 38.2 Å². The van der Waals surface area contributed by atoms with Gasteiger partial charge in [-0.3, -0.25) is 9.59 Å². The van der Waals surface area contributed by atoms with Crippen molar-refractivity contribution in [1.82, 2.24) is 20.6 Å². The molecule has 2 aromatic heterocycles. The molecule has 0 saturated carbocycles. The minimum Gasteiger partial charge on any atom is -0.484 e. The zero-order valence-electron chi connectivity index (χ0n) is 24.4. The summed E-state index contributed by atoms with van der Waals surface area (Å²) in [5, 5.41) is 24.0. The van der Waals surface area contributed by atoms with E-state index < -0.39 is 31.1 Å². The molecule has 10 nitrogen and oxygen atoms in total. The van der Waals surface area contributed by atoms with Gasteiger partial charge in [0, 0.05) is 24.4 Å². The van der Waals surface area contributed by atoms with Crippen LogP contribution >= 0.6 is 11.3 Å². The Morgan fingerprint density at radius 2 is 1.77 bits per heavy atom. The maximum Gasteiger partial charge on any atom is 0.328 e. The number of carboxylic acid groups (broad SMARTS) is 1. The Morgan fingerprint density at radius 3 is 2.43 bits per heavy atom. The minimum atomic E-state index is -1.39. The maximum absolute atomic E-state index is 12.2. The highest BCUT2D eigenvalue weighted by Gasteiger charge is 2.19. The highest BCUT2D eigenvalue weighted by Crippen LogP contribution is 2.40. The summed E-state index contributed by atoms with van der Waals surface area (Å²) in [5.74, 6) is -1.67. The van der Waals surface area contributed by atoms with Gasteiger partial charge in [-0.2, -0.15) is 0 Å². The summed E-state index contributed by atoms with van der Waals surface area (Å²) in [5.41, 5.74) is 4.40. The summed E-state index contributed by atoms with van der Waals surface area (Å²) >= 11 is 1.56. The van der Waals surface area contributed by atoms with Crippen molar-refractivity contribution in [2.24, 2.45) is 0 Å². The lowest BCUT2D eigenvalue weighted by Crippen LogP contribution is -2.45. The van der Waals surface area contributed by atoms with Gasteiger partial charge in [-0.1, -0.05) is 50.5 Å². The third-order valence-electron chi connectivity index (χ3n) is 6.70. The third-order valence-corrected chi connectivity index (χ3v) is 7.84. The molecule has 0 unspecified atom stereocenters. The Labute approximate surface area is 259 Å². The fourth-order valence-electron chi connectivity index (χ4n) is 4.31. The molecule has 5 N–H and O–H groups in total. The van der Waals surface area contributed by atoms with Gasteiger partial charge in [-0.05, 0) is 60.0 Å². The first-order chi connectivity index (χ1) is 21.4. The molecule has 0 aliphatic rings. The molecule has 230 valence electrons. The lowest BCUT2D eigenvalue weighted by atomic mass is 10.0. The zero-order chi connectivity index (χ0) is 31.3. The van der Waals surface area contributed by atoms with Crippen LogP contribution in [0.15, 0.2) is 72.9 Å². The van der Waals surface area contributed by atoms with Crippen LogP contribution in [0.2, 0.25) is 0 Å². The maximum atomic E-state index is 12.2. The Bertz CT molecular complexity index is 1550. The lowest BCUT2D eigenvalue weighted by Gasteiger charge is -2.12. The number of benzene rings is 2. The Morgan fingerprint density at radius 1 is 1.02 bits per heavy atom. The average Bonchev–Trinajstić information content (AvgIpc) is 3.73. The van der Waals surface area contributed by atoms with Crippen molar-refractivity contribution in [3.63, 3.8) is 0 Å². The number of aliphatic hydroxyl groups is 1. The summed E-state index contributed by atoms with van der Waals surface area (Å²) in [6, 6.07) is 17.5. The first-order valence-electron chi connectivity index (χ1n) is 14.4. The van der Waals surface area contributed by atoms with Crippen molar-refractivity contribution in [3.8, 4) is 38.1 Å². The van der Waals surface area contributed by atoms with Gasteiger partial charge in [0.05, 0.1) is 22.9 Å². The SMILES string of the molecule is CCCCCCNC(=O)/C=C/c1ccc(-c2sc(-c3ccc[nH]3)nc2-c2ccc(OCC(=O)N[C@H](CO)C(=O)O)cc2)cc1. The lowest BCUT2D eigenvalue weighted by molar-refractivity contribution is -0.143. The van der Waals surface area contributed by atoms with Crippen LogP contribution in [-0.4, -0.2) is 63.8 Å². The van der Waals surface area contributed by atoms with Gasteiger partial charge in [0.25, 0.3) is 5.91 Å². The monoisotopic (exact) mass is 616 g/mol. The number of carbonyl (C=O) groups is 3. The van der Waals surface area contributed by atoms with E-state index in [1.807, 2.05) is 54.7 Å². The average molecular weight is 617 g/mol. The largest absolute Gasteiger partial charge is 0.484 e. The number of amides is 2. The smallest absolute Gasteiger partial charge is 0.328 e. The molecular formula is C33H36N4O6S. The van der Waals surface area contributed by atoms with E-state index in [4.69, 9.17) is 19.9 Å². The highest BCUT2D eigenvalue weighted by atomic mass is 32.1. The number of carboxylic acids is 1. The van der Waals surface area contributed by atoms with Gasteiger partial charge in [0.15, 0.2) is 6.61 Å². The van der Waals surface area contributed by atoms with E-state index in [0.29, 0.717) is 12.3 Å². The summed E-state index contributed by atoms with van der Waals surface area (Å²) in [6.07, 6.45) is 9.64. The van der Waals surface area contributed by atoms with Crippen LogP contribution < -0.4 is 15.4 Å². The van der Waals surface area contributed by atoms with Crippen molar-refractivity contribution in [2.45, 2.75) is 38.6 Å². The van der Waals surface area contributed by atoms with Crippen molar-refractivity contribution in [1.29, 1.82) is 0 Å². The van der Waals surface area contributed by atoms with Crippen LogP contribution in [0, 0.1) is 0 Å². The predicted octanol–water partition coefficient (Wildman–Crippen LogP) is 5.12. The number of nitrogens with zero attached hydrogens (tertiary/aromatic N) is 1. The number of ether oxygens (including phenoxy) is 1. The molecule has 0 spiro atoms. The number of hydrogen-bond acceptors (Lipinski definition) is 7. The molecule has 2 aromatic carbocycles. The van der Waals surface area contributed by atoms with E-state index >= 15 is 0 Å². The van der Waals surface area contributed by atoms with Gasteiger partial charge >= 0.3 is 5.97 Å². The van der Waals surface area contributed by atoms with Crippen molar-refractivity contribution >= 4 is 35.2 Å². The van der Waals surface area contributed by atoms with Crippen LogP contribution in [0.3, 0.4) is 0 Å². The molecule has 44 heavy (non-hydrogen) atoms. The molecule has 11 heteroatoms. The summed E-state index contributed by atoms with van der Waals surface area (Å²) in [6.45, 7) is 1.72. The molecule has 4 aromatic rings. The number of rotatable bonds is 16. The highest BCUT2D eigenvalue weighted by molar-refractivity contribution is 7.18. The molecule has 0 saturated heterocycles. The second kappa shape index (κ2) is 16.2. The Hall–Kier alpha value is -4.74. The van der Waals surface area contributed by atoms with Crippen LogP contribution in [0.4, 0.5) is 0 Å². The number of aliphatic carboxylic acids is 1. The number of aromatic amines is 1. The van der Waals surface area contributed by atoms with E-state index in [1.165, 1.54) is 6.42 Å². The number of aromatic nitrogens is 2. The number of carbonyl (C=O) groups excluding carboxylic acids is 2. The molecule has 2 amide bonds. The number of aliphatic hydroxyl groups excluding tert-OH is 1. The fourth-order valence-corrected chi connectivity index (χ4v) is 5.39. The van der Waals surface area contributed by atoms with Gasteiger partial charge in [0.2, 0.25) is 5.91 Å². The van der Waals surface area contributed by atoms with E-state index in [0.717, 1.165) is 57.2 Å². The first-order valence-corrected chi connectivity index (χ1v) is 15.3. The van der Waals surface area contributed by atoms with Crippen molar-refractivity contribution in [2.75, 3.05) is 19.8 Å². The fraction of sp³-hybridized carbons (Fsp3) is 0.273. The minimum absolute atomic E-state index is 0.103. The van der Waals surface area contributed by atoms with E-state index in [-0.39, 0.29) is 5.91 Å². The quantitative estimate of drug-likeness (QED) is 0.0865. The standard InChI is InChI=1S/C33H36N4O6S/c1-2-3-4-5-18-35-28(39)17-10-22-8-11-24(12-9-22)31-30(37-32(44-31)26-7-6-19-34-26)23-13-15-25(16-14-23)43-21-29(40)36-27(20-38)33(41)42/h6-17,19,27,34,38H,2-5,18,20-21H2,1H3,(H,35,39)(H,36,40)(H,41,42)/b17-10+/t27-/m1/s1. The van der Waals surface area contributed by atoms with Crippen LogP contribution in [0.25, 0.3) is 38.5 Å². The molecule has 4 rings (SSSR count). The molecule has 0 radical (unpaired) electrons. The molecule has 0 bridgehead atoms. The third kappa shape index (κ3) is 9.13. The summed E-state index contributed by atoms with van der Waals surface area (Å²) in [4.78, 5) is 44.3. The number of H-pyrrole nitrogens is 1. The van der Waals surface area contributed by atoms with E-state index in [9.17, 15) is 14.4 Å². The van der Waals surface area contributed by atoms with Crippen molar-refractivity contribution < 1.29 is 29.3 Å². The predicted molar refractivity (Wildman–Crippen MR) is 171 cm³/mol. The summed E-state index contributed by atoms with van der Waals surface area (Å²) < 4.78 is 5.51. The number of unbranched alkanes of at least 4 members (excludes halogenated alkanes) is 3. The van der Waals surface area contributed by atoms with Crippen LogP contribution in [0.5, 0.6) is 5.75 Å². The molecule has 2 heterocycles. The van der Waals surface area contributed by atoms with Crippen LogP contribution in [-0.2, 0) is 14.4 Å². The molecule has 0 aliphatic heterocycles.